The van der Waals surface area contributed by atoms with Gasteiger partial charge in [-0.1, -0.05) is 0 Å². The van der Waals surface area contributed by atoms with Crippen LogP contribution < -0.4 is 5.73 Å². The first-order valence-electron chi connectivity index (χ1n) is 2.86. The minimum Gasteiger partial charge on any atom is -0.324 e. The molecule has 3 aliphatic rings. The molecule has 2 N–H and O–H groups in total. The van der Waals surface area contributed by atoms with Crippen LogP contribution in [0.1, 0.15) is 19.3 Å². The summed E-state index contributed by atoms with van der Waals surface area (Å²) in [6.45, 7) is 6.75. The van der Waals surface area contributed by atoms with Crippen molar-refractivity contribution in [2.75, 3.05) is 0 Å². The SMILES string of the molecule is [C-]#[N+]C12CC(N)(C1)C2. The fourth-order valence-electron chi connectivity index (χ4n) is 1.93. The van der Waals surface area contributed by atoms with Gasteiger partial charge in [-0.05, 0) is 0 Å². The van der Waals surface area contributed by atoms with Gasteiger partial charge in [0.25, 0.3) is 0 Å². The van der Waals surface area contributed by atoms with Crippen LogP contribution in [0.5, 0.6) is 0 Å². The molecular formula is C6H8N2. The van der Waals surface area contributed by atoms with Crippen molar-refractivity contribution in [3.05, 3.63) is 11.4 Å². The fraction of sp³-hybridized carbons (Fsp3) is 0.833. The summed E-state index contributed by atoms with van der Waals surface area (Å²) in [5, 5.41) is 0. The Morgan fingerprint density at radius 3 is 2.00 bits per heavy atom. The molecule has 0 aromatic carbocycles. The minimum absolute atomic E-state index is 0.0365. The lowest BCUT2D eigenvalue weighted by atomic mass is 9.45. The van der Waals surface area contributed by atoms with Gasteiger partial charge in [0.1, 0.15) is 0 Å². The Kier molecular flexibility index (Phi) is 0.435. The summed E-state index contributed by atoms with van der Waals surface area (Å²) < 4.78 is 0. The van der Waals surface area contributed by atoms with Crippen LogP contribution in [0.25, 0.3) is 4.85 Å². The molecule has 8 heavy (non-hydrogen) atoms. The van der Waals surface area contributed by atoms with E-state index in [1.165, 1.54) is 0 Å². The third-order valence-electron chi connectivity index (χ3n) is 2.28. The second-order valence-electron chi connectivity index (χ2n) is 3.23. The average Bonchev–Trinajstić information content (AvgIpc) is 1.55. The first kappa shape index (κ1) is 4.34. The highest BCUT2D eigenvalue weighted by atomic mass is 15.0. The van der Waals surface area contributed by atoms with Crippen LogP contribution in [0.15, 0.2) is 0 Å². The average molecular weight is 108 g/mol. The van der Waals surface area contributed by atoms with Crippen molar-refractivity contribution in [1.82, 2.24) is 0 Å². The van der Waals surface area contributed by atoms with E-state index in [1.54, 1.807) is 0 Å². The van der Waals surface area contributed by atoms with Crippen LogP contribution in [0.3, 0.4) is 0 Å². The Labute approximate surface area is 48.5 Å². The van der Waals surface area contributed by atoms with E-state index in [4.69, 9.17) is 12.3 Å². The molecule has 3 fully saturated rings. The summed E-state index contributed by atoms with van der Waals surface area (Å²) in [6, 6.07) is 0. The number of rotatable bonds is 0. The zero-order chi connectivity index (χ0) is 5.83. The van der Waals surface area contributed by atoms with Gasteiger partial charge in [0.05, 0.1) is 0 Å². The predicted octanol–water partition coefficient (Wildman–Crippen LogP) is 0.539. The van der Waals surface area contributed by atoms with Gasteiger partial charge in [-0.15, -0.1) is 0 Å². The zero-order valence-corrected chi connectivity index (χ0v) is 4.65. The number of nitrogens with zero attached hydrogens (tertiary/aromatic N) is 1. The van der Waals surface area contributed by atoms with E-state index in [2.05, 4.69) is 4.85 Å². The molecule has 2 heteroatoms. The van der Waals surface area contributed by atoms with E-state index in [0.717, 1.165) is 19.3 Å². The van der Waals surface area contributed by atoms with Gasteiger partial charge < -0.3 is 10.6 Å². The minimum atomic E-state index is 0.0365. The molecule has 3 rings (SSSR count). The molecule has 0 aromatic heterocycles. The molecule has 42 valence electrons. The topological polar surface area (TPSA) is 30.4 Å². The van der Waals surface area contributed by atoms with Crippen molar-refractivity contribution in [2.45, 2.75) is 30.3 Å². The molecule has 0 aliphatic heterocycles. The van der Waals surface area contributed by atoms with Crippen LogP contribution in [0.4, 0.5) is 0 Å². The van der Waals surface area contributed by atoms with Crippen LogP contribution >= 0.6 is 0 Å². The first-order chi connectivity index (χ1) is 3.68. The van der Waals surface area contributed by atoms with Crippen LogP contribution in [-0.2, 0) is 0 Å². The lowest BCUT2D eigenvalue weighted by Gasteiger charge is -2.59. The molecule has 2 nitrogen and oxygen atoms in total. The summed E-state index contributed by atoms with van der Waals surface area (Å²) in [5.41, 5.74) is 5.86. The third kappa shape index (κ3) is 0.258. The lowest BCUT2D eigenvalue weighted by molar-refractivity contribution is -0.0184. The second kappa shape index (κ2) is 0.803. The van der Waals surface area contributed by atoms with Gasteiger partial charge in [0.15, 0.2) is 0 Å². The molecule has 0 aromatic rings. The summed E-state index contributed by atoms with van der Waals surface area (Å²) in [4.78, 5) is 3.51. The van der Waals surface area contributed by atoms with E-state index < -0.39 is 0 Å². The highest BCUT2D eigenvalue weighted by Crippen LogP contribution is 2.61. The van der Waals surface area contributed by atoms with Gasteiger partial charge in [-0.25, -0.2) is 6.57 Å². The molecule has 0 saturated heterocycles. The molecule has 0 amide bonds. The van der Waals surface area contributed by atoms with Gasteiger partial charge in [-0.2, -0.15) is 0 Å². The van der Waals surface area contributed by atoms with Gasteiger partial charge in [-0.3, -0.25) is 0 Å². The molecule has 0 unspecified atom stereocenters. The van der Waals surface area contributed by atoms with Crippen molar-refractivity contribution in [2.24, 2.45) is 5.73 Å². The molecule has 0 radical (unpaired) electrons. The highest BCUT2D eigenvalue weighted by Gasteiger charge is 2.72. The standard InChI is InChI=1S/C6H8N2/c1-8-6-2-5(7,3-6)4-6/h2-4,7H2. The molecule has 0 spiro atoms. The van der Waals surface area contributed by atoms with E-state index in [9.17, 15) is 0 Å². The van der Waals surface area contributed by atoms with E-state index >= 15 is 0 Å². The van der Waals surface area contributed by atoms with Gasteiger partial charge >= 0.3 is 0 Å². The van der Waals surface area contributed by atoms with Crippen molar-refractivity contribution in [1.29, 1.82) is 0 Å². The Hall–Kier alpha value is -0.550. The van der Waals surface area contributed by atoms with Gasteiger partial charge in [0, 0.05) is 24.8 Å². The largest absolute Gasteiger partial charge is 0.324 e. The Balaban J connectivity index is 2.17. The molecule has 2 bridgehead atoms. The van der Waals surface area contributed by atoms with Crippen LogP contribution in [0.2, 0.25) is 0 Å². The van der Waals surface area contributed by atoms with Crippen molar-refractivity contribution >= 4 is 0 Å². The first-order valence-corrected chi connectivity index (χ1v) is 2.86. The maximum absolute atomic E-state index is 6.75. The van der Waals surface area contributed by atoms with Gasteiger partial charge in [0.2, 0.25) is 5.54 Å². The van der Waals surface area contributed by atoms with Crippen molar-refractivity contribution < 1.29 is 0 Å². The maximum atomic E-state index is 6.75. The molecule has 3 saturated carbocycles. The summed E-state index contributed by atoms with van der Waals surface area (Å²) in [5.74, 6) is 0. The molecule has 0 atom stereocenters. The normalized spacial score (nSPS) is 58.0. The van der Waals surface area contributed by atoms with Crippen molar-refractivity contribution in [3.63, 3.8) is 0 Å². The number of hydrogen-bond acceptors (Lipinski definition) is 1. The maximum Gasteiger partial charge on any atom is 0.237 e. The number of hydrogen-bond donors (Lipinski definition) is 1. The second-order valence-corrected chi connectivity index (χ2v) is 3.23. The molecule has 0 heterocycles. The monoisotopic (exact) mass is 108 g/mol. The van der Waals surface area contributed by atoms with Crippen LogP contribution in [0, 0.1) is 6.57 Å². The zero-order valence-electron chi connectivity index (χ0n) is 4.65. The smallest absolute Gasteiger partial charge is 0.237 e. The summed E-state index contributed by atoms with van der Waals surface area (Å²) >= 11 is 0. The Morgan fingerprint density at radius 1 is 1.38 bits per heavy atom. The summed E-state index contributed by atoms with van der Waals surface area (Å²) in [6.07, 6.45) is 2.89. The lowest BCUT2D eigenvalue weighted by Crippen LogP contribution is -2.75. The van der Waals surface area contributed by atoms with E-state index in [1.807, 2.05) is 0 Å². The van der Waals surface area contributed by atoms with E-state index in [0.29, 0.717) is 0 Å². The highest BCUT2D eigenvalue weighted by molar-refractivity contribution is 5.32. The fourth-order valence-corrected chi connectivity index (χ4v) is 1.93. The van der Waals surface area contributed by atoms with Crippen molar-refractivity contribution in [3.8, 4) is 0 Å². The Morgan fingerprint density at radius 2 is 1.88 bits per heavy atom. The predicted molar refractivity (Wildman–Crippen MR) is 30.1 cm³/mol. The Bertz CT molecular complexity index is 158. The number of nitrogens with two attached hydrogens (primary N) is 1. The molecular weight excluding hydrogens is 100 g/mol. The van der Waals surface area contributed by atoms with E-state index in [-0.39, 0.29) is 11.1 Å². The quantitative estimate of drug-likeness (QED) is 0.451. The summed E-state index contributed by atoms with van der Waals surface area (Å²) in [7, 11) is 0. The third-order valence-corrected chi connectivity index (χ3v) is 2.28. The van der Waals surface area contributed by atoms with Crippen LogP contribution in [-0.4, -0.2) is 11.1 Å². The molecule has 3 aliphatic carbocycles.